The lowest BCUT2D eigenvalue weighted by molar-refractivity contribution is -0.384. The lowest BCUT2D eigenvalue weighted by Gasteiger charge is -2.10. The zero-order valence-corrected chi connectivity index (χ0v) is 17.9. The maximum Gasteiger partial charge on any atom is 0.271 e. The normalized spacial score (nSPS) is 10.7. The van der Waals surface area contributed by atoms with Crippen molar-refractivity contribution >= 4 is 29.4 Å². The molecule has 0 atom stereocenters. The van der Waals surface area contributed by atoms with Gasteiger partial charge >= 0.3 is 0 Å². The molecule has 8 nitrogen and oxygen atoms in total. The first kappa shape index (κ1) is 22.8. The maximum atomic E-state index is 12.3. The number of benzene rings is 3. The molecule has 0 saturated heterocycles. The fraction of sp³-hybridized carbons (Fsp3) is 0.130. The first-order valence-electron chi connectivity index (χ1n) is 9.68. The molecule has 164 valence electrons. The number of rotatable bonds is 9. The zero-order valence-electron chi connectivity index (χ0n) is 17.2. The van der Waals surface area contributed by atoms with Crippen molar-refractivity contribution in [1.82, 2.24) is 5.43 Å². The molecule has 9 heteroatoms. The summed E-state index contributed by atoms with van der Waals surface area (Å²) in [7, 11) is 0. The molecule has 0 heterocycles. The molecule has 0 radical (unpaired) electrons. The number of nitrogens with one attached hydrogen (secondary N) is 1. The number of halogens is 1. The zero-order chi connectivity index (χ0) is 22.9. The highest BCUT2D eigenvalue weighted by atomic mass is 35.5. The van der Waals surface area contributed by atoms with Crippen LogP contribution >= 0.6 is 11.6 Å². The Morgan fingerprint density at radius 3 is 2.47 bits per heavy atom. The summed E-state index contributed by atoms with van der Waals surface area (Å²) < 4.78 is 11.2. The van der Waals surface area contributed by atoms with Crippen molar-refractivity contribution in [2.45, 2.75) is 13.5 Å². The highest BCUT2D eigenvalue weighted by Gasteiger charge is 2.08. The van der Waals surface area contributed by atoms with Crippen LogP contribution < -0.4 is 14.9 Å². The number of ether oxygens (including phenoxy) is 2. The molecule has 0 aliphatic heterocycles. The third-order valence-corrected chi connectivity index (χ3v) is 4.55. The molecule has 3 aromatic rings. The van der Waals surface area contributed by atoms with Crippen LogP contribution in [0.25, 0.3) is 0 Å². The number of nitro groups is 1. The highest BCUT2D eigenvalue weighted by Crippen LogP contribution is 2.23. The number of nitrogens with zero attached hydrogens (tertiary/aromatic N) is 2. The van der Waals surface area contributed by atoms with E-state index in [1.165, 1.54) is 18.3 Å². The van der Waals surface area contributed by atoms with Gasteiger partial charge in [0.25, 0.3) is 11.6 Å². The van der Waals surface area contributed by atoms with E-state index < -0.39 is 4.92 Å². The van der Waals surface area contributed by atoms with Crippen LogP contribution in [0.3, 0.4) is 0 Å². The number of nitro benzene ring substituents is 1. The first-order chi connectivity index (χ1) is 15.5. The number of non-ortho nitro benzene ring substituents is 1. The molecular weight excluding hydrogens is 434 g/mol. The smallest absolute Gasteiger partial charge is 0.271 e. The first-order valence-corrected chi connectivity index (χ1v) is 10.1. The van der Waals surface area contributed by atoms with Gasteiger partial charge in [0.1, 0.15) is 18.1 Å². The molecular formula is C23H20ClN3O5. The van der Waals surface area contributed by atoms with Gasteiger partial charge in [-0.1, -0.05) is 11.6 Å². The van der Waals surface area contributed by atoms with Gasteiger partial charge in [0, 0.05) is 28.3 Å². The fourth-order valence-electron chi connectivity index (χ4n) is 2.72. The quantitative estimate of drug-likeness (QED) is 0.279. The van der Waals surface area contributed by atoms with Crippen LogP contribution in [0.15, 0.2) is 71.8 Å². The number of carbonyl (C=O) groups excluding carboxylic acids is 1. The highest BCUT2D eigenvalue weighted by molar-refractivity contribution is 6.30. The molecule has 1 N–H and O–H groups in total. The minimum absolute atomic E-state index is 0.0105. The molecule has 32 heavy (non-hydrogen) atoms. The SMILES string of the molecule is CCOc1ccc(C(=O)N/N=C/c2cc(Cl)ccc2OCc2ccc([N+](=O)[O-])cc2)cc1. The second-order valence-corrected chi connectivity index (χ2v) is 6.99. The Labute approximate surface area is 189 Å². The van der Waals surface area contributed by atoms with Crippen LogP contribution in [0, 0.1) is 10.1 Å². The topological polar surface area (TPSA) is 103 Å². The average molecular weight is 454 g/mol. The minimum atomic E-state index is -0.458. The molecule has 0 saturated carbocycles. The summed E-state index contributed by atoms with van der Waals surface area (Å²) >= 11 is 6.08. The lowest BCUT2D eigenvalue weighted by Crippen LogP contribution is -2.17. The van der Waals surface area contributed by atoms with Gasteiger partial charge in [-0.2, -0.15) is 5.10 Å². The van der Waals surface area contributed by atoms with Crippen molar-refractivity contribution in [2.75, 3.05) is 6.61 Å². The number of amides is 1. The summed E-state index contributed by atoms with van der Waals surface area (Å²) in [6.07, 6.45) is 1.43. The van der Waals surface area contributed by atoms with Crippen molar-refractivity contribution in [2.24, 2.45) is 5.10 Å². The van der Waals surface area contributed by atoms with E-state index in [0.29, 0.717) is 34.3 Å². The van der Waals surface area contributed by atoms with E-state index in [4.69, 9.17) is 21.1 Å². The van der Waals surface area contributed by atoms with Crippen molar-refractivity contribution in [3.63, 3.8) is 0 Å². The number of carbonyl (C=O) groups is 1. The minimum Gasteiger partial charge on any atom is -0.494 e. The molecule has 0 fully saturated rings. The average Bonchev–Trinajstić information content (AvgIpc) is 2.79. The van der Waals surface area contributed by atoms with Crippen molar-refractivity contribution in [3.05, 3.63) is 98.6 Å². The Bertz CT molecular complexity index is 1120. The number of hydrogen-bond donors (Lipinski definition) is 1. The Hall–Kier alpha value is -3.91. The van der Waals surface area contributed by atoms with E-state index >= 15 is 0 Å². The van der Waals surface area contributed by atoms with E-state index in [0.717, 1.165) is 5.56 Å². The standard InChI is InChI=1S/C23H20ClN3O5/c1-2-31-21-10-5-17(6-11-21)23(28)26-25-14-18-13-19(24)7-12-22(18)32-15-16-3-8-20(9-4-16)27(29)30/h3-14H,2,15H2,1H3,(H,26,28)/b25-14+. The fourth-order valence-corrected chi connectivity index (χ4v) is 2.90. The van der Waals surface area contributed by atoms with Crippen LogP contribution in [-0.2, 0) is 6.61 Å². The van der Waals surface area contributed by atoms with Crippen molar-refractivity contribution < 1.29 is 19.2 Å². The summed E-state index contributed by atoms with van der Waals surface area (Å²) in [6.45, 7) is 2.62. The van der Waals surface area contributed by atoms with E-state index in [9.17, 15) is 14.9 Å². The van der Waals surface area contributed by atoms with Crippen LogP contribution in [0.5, 0.6) is 11.5 Å². The van der Waals surface area contributed by atoms with Gasteiger partial charge < -0.3 is 9.47 Å². The maximum absolute atomic E-state index is 12.3. The predicted molar refractivity (Wildman–Crippen MR) is 122 cm³/mol. The summed E-state index contributed by atoms with van der Waals surface area (Å²) in [5.74, 6) is 0.799. The largest absolute Gasteiger partial charge is 0.494 e. The Morgan fingerprint density at radius 1 is 1.09 bits per heavy atom. The Balaban J connectivity index is 1.64. The number of hydrazone groups is 1. The number of hydrogen-bond acceptors (Lipinski definition) is 6. The lowest BCUT2D eigenvalue weighted by atomic mass is 10.2. The molecule has 3 aromatic carbocycles. The summed E-state index contributed by atoms with van der Waals surface area (Å²) in [5.41, 5.74) is 4.23. The van der Waals surface area contributed by atoms with Gasteiger partial charge in [0.15, 0.2) is 0 Å². The van der Waals surface area contributed by atoms with Gasteiger partial charge in [0.2, 0.25) is 0 Å². The van der Waals surface area contributed by atoms with Crippen LogP contribution in [0.4, 0.5) is 5.69 Å². The predicted octanol–water partition coefficient (Wildman–Crippen LogP) is 4.99. The van der Waals surface area contributed by atoms with E-state index in [-0.39, 0.29) is 18.2 Å². The van der Waals surface area contributed by atoms with Gasteiger partial charge in [0.05, 0.1) is 17.7 Å². The summed E-state index contributed by atoms with van der Waals surface area (Å²) in [4.78, 5) is 22.6. The van der Waals surface area contributed by atoms with Crippen molar-refractivity contribution in [3.8, 4) is 11.5 Å². The second-order valence-electron chi connectivity index (χ2n) is 6.55. The van der Waals surface area contributed by atoms with Crippen molar-refractivity contribution in [1.29, 1.82) is 0 Å². The molecule has 0 aliphatic rings. The summed E-state index contributed by atoms with van der Waals surface area (Å²) in [5, 5.41) is 15.2. The second kappa shape index (κ2) is 10.9. The van der Waals surface area contributed by atoms with E-state index in [2.05, 4.69) is 10.5 Å². The third kappa shape index (κ3) is 6.29. The molecule has 0 aromatic heterocycles. The van der Waals surface area contributed by atoms with Gasteiger partial charge in [-0.3, -0.25) is 14.9 Å². The molecule has 0 aliphatic carbocycles. The van der Waals surface area contributed by atoms with Crippen LogP contribution in [-0.4, -0.2) is 23.7 Å². The Morgan fingerprint density at radius 2 is 1.81 bits per heavy atom. The van der Waals surface area contributed by atoms with Crippen LogP contribution in [0.1, 0.15) is 28.4 Å². The third-order valence-electron chi connectivity index (χ3n) is 4.31. The summed E-state index contributed by atoms with van der Waals surface area (Å²) in [6, 6.07) is 17.8. The molecule has 0 bridgehead atoms. The Kier molecular flexibility index (Phi) is 7.77. The monoisotopic (exact) mass is 453 g/mol. The van der Waals surface area contributed by atoms with Gasteiger partial charge in [-0.05, 0) is 67.1 Å². The van der Waals surface area contributed by atoms with Gasteiger partial charge in [-0.15, -0.1) is 0 Å². The molecule has 0 spiro atoms. The molecule has 3 rings (SSSR count). The molecule has 0 unspecified atom stereocenters. The van der Waals surface area contributed by atoms with E-state index in [1.807, 2.05) is 6.92 Å². The van der Waals surface area contributed by atoms with Gasteiger partial charge in [-0.25, -0.2) is 5.43 Å². The van der Waals surface area contributed by atoms with E-state index in [1.54, 1.807) is 54.6 Å². The molecule has 1 amide bonds. The van der Waals surface area contributed by atoms with Crippen LogP contribution in [0.2, 0.25) is 5.02 Å².